The zero-order valence-electron chi connectivity index (χ0n) is 13.6. The van der Waals surface area contributed by atoms with Gasteiger partial charge in [-0.1, -0.05) is 44.4 Å². The monoisotopic (exact) mass is 291 g/mol. The van der Waals surface area contributed by atoms with Crippen LogP contribution in [-0.2, 0) is 6.54 Å². The average Bonchev–Trinajstić information content (AvgIpc) is 2.64. The summed E-state index contributed by atoms with van der Waals surface area (Å²) in [6.07, 6.45) is 4.87. The maximum atomic E-state index is 10.2. The lowest BCUT2D eigenvalue weighted by atomic mass is 10.1. The van der Waals surface area contributed by atoms with Crippen molar-refractivity contribution >= 4 is 0 Å². The molecular weight excluding hydrogens is 262 g/mol. The third-order valence-corrected chi connectivity index (χ3v) is 4.11. The molecule has 0 heterocycles. The average molecular weight is 291 g/mol. The van der Waals surface area contributed by atoms with E-state index in [9.17, 15) is 5.11 Å². The Bertz CT molecular complexity index is 445. The van der Waals surface area contributed by atoms with Gasteiger partial charge in [0, 0.05) is 18.2 Å². The molecule has 2 unspecified atom stereocenters. The van der Waals surface area contributed by atoms with Crippen LogP contribution in [0.5, 0.6) is 5.75 Å². The Morgan fingerprint density at radius 3 is 2.76 bits per heavy atom. The molecule has 0 radical (unpaired) electrons. The lowest BCUT2D eigenvalue weighted by Gasteiger charge is -2.24. The summed E-state index contributed by atoms with van der Waals surface area (Å²) in [7, 11) is 0. The topological polar surface area (TPSA) is 41.5 Å². The molecule has 1 aliphatic carbocycles. The van der Waals surface area contributed by atoms with Crippen molar-refractivity contribution in [2.75, 3.05) is 0 Å². The molecule has 2 N–H and O–H groups in total. The predicted octanol–water partition coefficient (Wildman–Crippen LogP) is 3.57. The lowest BCUT2D eigenvalue weighted by Crippen LogP contribution is -2.31. The smallest absolute Gasteiger partial charge is 0.124 e. The zero-order valence-corrected chi connectivity index (χ0v) is 13.6. The molecule has 2 atom stereocenters. The van der Waals surface area contributed by atoms with Gasteiger partial charge in [0.15, 0.2) is 0 Å². The first-order valence-corrected chi connectivity index (χ1v) is 8.24. The van der Waals surface area contributed by atoms with E-state index in [0.717, 1.165) is 38.0 Å². The van der Waals surface area contributed by atoms with Crippen LogP contribution in [-0.4, -0.2) is 23.4 Å². The van der Waals surface area contributed by atoms with Crippen molar-refractivity contribution in [1.29, 1.82) is 0 Å². The first-order valence-electron chi connectivity index (χ1n) is 8.24. The fraction of sp³-hybridized carbons (Fsp3) is 0.667. The van der Waals surface area contributed by atoms with Crippen molar-refractivity contribution in [2.24, 2.45) is 0 Å². The number of hydrogen-bond donors (Lipinski definition) is 2. The van der Waals surface area contributed by atoms with Crippen LogP contribution in [0.1, 0.15) is 57.1 Å². The second-order valence-electron chi connectivity index (χ2n) is 6.51. The van der Waals surface area contributed by atoms with Crippen molar-refractivity contribution in [1.82, 2.24) is 5.32 Å². The molecule has 0 aliphatic heterocycles. The first-order chi connectivity index (χ1) is 10.1. The summed E-state index contributed by atoms with van der Waals surface area (Å²) in [4.78, 5) is 0. The summed E-state index contributed by atoms with van der Waals surface area (Å²) in [6, 6.07) is 6.75. The van der Waals surface area contributed by atoms with E-state index in [1.165, 1.54) is 17.5 Å². The van der Waals surface area contributed by atoms with Crippen molar-refractivity contribution < 1.29 is 9.84 Å². The van der Waals surface area contributed by atoms with Gasteiger partial charge in [-0.05, 0) is 32.3 Å². The summed E-state index contributed by atoms with van der Waals surface area (Å²) >= 11 is 0. The molecule has 3 nitrogen and oxygen atoms in total. The van der Waals surface area contributed by atoms with E-state index in [1.807, 2.05) is 6.07 Å². The number of aryl methyl sites for hydroxylation is 1. The summed E-state index contributed by atoms with van der Waals surface area (Å²) in [6.45, 7) is 7.19. The number of aliphatic hydroxyl groups is 1. The van der Waals surface area contributed by atoms with Crippen LogP contribution in [0.15, 0.2) is 18.2 Å². The van der Waals surface area contributed by atoms with Gasteiger partial charge in [-0.15, -0.1) is 0 Å². The fourth-order valence-corrected chi connectivity index (χ4v) is 2.83. The summed E-state index contributed by atoms with van der Waals surface area (Å²) in [5, 5.41) is 13.7. The van der Waals surface area contributed by atoms with E-state index in [2.05, 4.69) is 38.2 Å². The molecule has 0 saturated heterocycles. The Balaban J connectivity index is 2.10. The van der Waals surface area contributed by atoms with Gasteiger partial charge in [0.2, 0.25) is 0 Å². The van der Waals surface area contributed by atoms with Gasteiger partial charge in [-0.2, -0.15) is 0 Å². The van der Waals surface area contributed by atoms with Crippen molar-refractivity contribution in [3.63, 3.8) is 0 Å². The SMILES string of the molecule is Cc1ccc(OC2CCCCCC2O)c(CNC(C)C)c1. The molecule has 0 bridgehead atoms. The van der Waals surface area contributed by atoms with Crippen LogP contribution in [0.25, 0.3) is 0 Å². The highest BCUT2D eigenvalue weighted by Gasteiger charge is 2.24. The minimum atomic E-state index is -0.334. The quantitative estimate of drug-likeness (QED) is 0.815. The van der Waals surface area contributed by atoms with Crippen LogP contribution in [0.2, 0.25) is 0 Å². The zero-order chi connectivity index (χ0) is 15.2. The highest BCUT2D eigenvalue weighted by atomic mass is 16.5. The highest BCUT2D eigenvalue weighted by molar-refractivity contribution is 5.37. The van der Waals surface area contributed by atoms with Crippen LogP contribution >= 0.6 is 0 Å². The van der Waals surface area contributed by atoms with Gasteiger partial charge in [-0.3, -0.25) is 0 Å². The van der Waals surface area contributed by atoms with E-state index in [-0.39, 0.29) is 12.2 Å². The molecule has 0 aromatic heterocycles. The summed E-state index contributed by atoms with van der Waals surface area (Å²) in [5.74, 6) is 0.916. The normalized spacial score (nSPS) is 23.1. The van der Waals surface area contributed by atoms with Crippen molar-refractivity contribution in [2.45, 2.75) is 77.7 Å². The minimum absolute atomic E-state index is 0.0620. The summed E-state index contributed by atoms with van der Waals surface area (Å²) in [5.41, 5.74) is 2.42. The summed E-state index contributed by atoms with van der Waals surface area (Å²) < 4.78 is 6.18. The molecule has 1 saturated carbocycles. The van der Waals surface area contributed by atoms with E-state index in [1.54, 1.807) is 0 Å². The van der Waals surface area contributed by atoms with E-state index >= 15 is 0 Å². The van der Waals surface area contributed by atoms with Gasteiger partial charge >= 0.3 is 0 Å². The Labute approximate surface area is 128 Å². The van der Waals surface area contributed by atoms with E-state index in [4.69, 9.17) is 4.74 Å². The van der Waals surface area contributed by atoms with Gasteiger partial charge in [-0.25, -0.2) is 0 Å². The largest absolute Gasteiger partial charge is 0.487 e. The molecule has 1 aromatic carbocycles. The number of aliphatic hydroxyl groups excluding tert-OH is 1. The molecular formula is C18H29NO2. The minimum Gasteiger partial charge on any atom is -0.487 e. The van der Waals surface area contributed by atoms with Gasteiger partial charge in [0.25, 0.3) is 0 Å². The van der Waals surface area contributed by atoms with Crippen molar-refractivity contribution in [3.05, 3.63) is 29.3 Å². The Morgan fingerprint density at radius 2 is 2.00 bits per heavy atom. The number of ether oxygens (including phenoxy) is 1. The molecule has 3 heteroatoms. The van der Waals surface area contributed by atoms with Crippen LogP contribution in [0.3, 0.4) is 0 Å². The maximum absolute atomic E-state index is 10.2. The molecule has 1 fully saturated rings. The third kappa shape index (κ3) is 5.01. The van der Waals surface area contributed by atoms with Crippen LogP contribution in [0, 0.1) is 6.92 Å². The second kappa shape index (κ2) is 7.81. The first kappa shape index (κ1) is 16.3. The Hall–Kier alpha value is -1.06. The van der Waals surface area contributed by atoms with E-state index < -0.39 is 0 Å². The molecule has 1 aliphatic rings. The Morgan fingerprint density at radius 1 is 1.24 bits per heavy atom. The number of nitrogens with one attached hydrogen (secondary N) is 1. The lowest BCUT2D eigenvalue weighted by molar-refractivity contribution is 0.0313. The number of hydrogen-bond acceptors (Lipinski definition) is 3. The molecule has 0 spiro atoms. The van der Waals surface area contributed by atoms with Gasteiger partial charge < -0.3 is 15.2 Å². The molecule has 21 heavy (non-hydrogen) atoms. The van der Waals surface area contributed by atoms with Crippen molar-refractivity contribution in [3.8, 4) is 5.75 Å². The number of rotatable bonds is 5. The van der Waals surface area contributed by atoms with Gasteiger partial charge in [0.1, 0.15) is 11.9 Å². The molecule has 118 valence electrons. The standard InChI is InChI=1S/C18H29NO2/c1-13(2)19-12-15-11-14(3)9-10-17(15)21-18-8-6-4-5-7-16(18)20/h9-11,13,16,18-20H,4-8,12H2,1-3H3. The fourth-order valence-electron chi connectivity index (χ4n) is 2.83. The molecule has 2 rings (SSSR count). The Kier molecular flexibility index (Phi) is 6.07. The molecule has 1 aromatic rings. The third-order valence-electron chi connectivity index (χ3n) is 4.11. The predicted molar refractivity (Wildman–Crippen MR) is 86.7 cm³/mol. The van der Waals surface area contributed by atoms with Crippen LogP contribution in [0.4, 0.5) is 0 Å². The second-order valence-corrected chi connectivity index (χ2v) is 6.51. The van der Waals surface area contributed by atoms with E-state index in [0.29, 0.717) is 6.04 Å². The highest BCUT2D eigenvalue weighted by Crippen LogP contribution is 2.26. The number of benzene rings is 1. The maximum Gasteiger partial charge on any atom is 0.124 e. The van der Waals surface area contributed by atoms with Gasteiger partial charge in [0.05, 0.1) is 6.10 Å². The molecule has 0 amide bonds. The van der Waals surface area contributed by atoms with Crippen LogP contribution < -0.4 is 10.1 Å².